The summed E-state index contributed by atoms with van der Waals surface area (Å²) < 4.78 is 5.58. The molecule has 1 amide bonds. The minimum atomic E-state index is -0.494. The fourth-order valence-electron chi connectivity index (χ4n) is 2.38. The molecule has 2 aromatic carbocycles. The molecule has 0 bridgehead atoms. The van der Waals surface area contributed by atoms with Crippen LogP contribution in [-0.4, -0.2) is 10.8 Å². The van der Waals surface area contributed by atoms with Gasteiger partial charge in [0, 0.05) is 28.4 Å². The third-order valence-electron chi connectivity index (χ3n) is 3.69. The third kappa shape index (κ3) is 3.71. The lowest BCUT2D eigenvalue weighted by molar-refractivity contribution is -0.384. The number of nitro groups is 1. The van der Waals surface area contributed by atoms with Crippen molar-refractivity contribution in [2.45, 2.75) is 6.92 Å². The van der Waals surface area contributed by atoms with Gasteiger partial charge in [-0.15, -0.1) is 0 Å². The van der Waals surface area contributed by atoms with Gasteiger partial charge in [0.05, 0.1) is 9.95 Å². The van der Waals surface area contributed by atoms with Gasteiger partial charge in [-0.05, 0) is 48.9 Å². The van der Waals surface area contributed by atoms with E-state index in [0.29, 0.717) is 32.6 Å². The summed E-state index contributed by atoms with van der Waals surface area (Å²) in [5.74, 6) is 0.00298. The molecule has 0 radical (unpaired) electrons. The lowest BCUT2D eigenvalue weighted by atomic mass is 10.1. The first kappa shape index (κ1) is 18.0. The van der Waals surface area contributed by atoms with E-state index in [-0.39, 0.29) is 11.4 Å². The molecule has 1 heterocycles. The van der Waals surface area contributed by atoms with Crippen LogP contribution in [0.4, 0.5) is 11.4 Å². The van der Waals surface area contributed by atoms with Gasteiger partial charge >= 0.3 is 0 Å². The van der Waals surface area contributed by atoms with E-state index in [9.17, 15) is 14.9 Å². The van der Waals surface area contributed by atoms with Gasteiger partial charge in [0.2, 0.25) is 0 Å². The van der Waals surface area contributed by atoms with Crippen LogP contribution in [0.15, 0.2) is 52.9 Å². The fourth-order valence-corrected chi connectivity index (χ4v) is 2.76. The van der Waals surface area contributed by atoms with Crippen molar-refractivity contribution in [3.05, 3.63) is 80.0 Å². The number of hydrogen-bond donors (Lipinski definition) is 1. The summed E-state index contributed by atoms with van der Waals surface area (Å²) in [6, 6.07) is 12.3. The molecular weight excluding hydrogens is 379 g/mol. The van der Waals surface area contributed by atoms with Gasteiger partial charge in [-0.3, -0.25) is 14.9 Å². The fraction of sp³-hybridized carbons (Fsp3) is 0.0556. The number of furan rings is 1. The van der Waals surface area contributed by atoms with Gasteiger partial charge in [0.15, 0.2) is 5.76 Å². The molecule has 0 aliphatic rings. The molecule has 3 rings (SSSR count). The van der Waals surface area contributed by atoms with E-state index in [1.54, 1.807) is 31.2 Å². The predicted molar refractivity (Wildman–Crippen MR) is 100.0 cm³/mol. The minimum Gasteiger partial charge on any atom is -0.451 e. The minimum absolute atomic E-state index is 0.0450. The maximum atomic E-state index is 12.4. The SMILES string of the molecule is Cc1cc([N+](=O)[O-])ccc1NC(=O)c1ccc(-c2cc(Cl)ccc2Cl)o1. The van der Waals surface area contributed by atoms with Gasteiger partial charge in [0.25, 0.3) is 11.6 Å². The second kappa shape index (κ2) is 7.19. The first-order valence-electron chi connectivity index (χ1n) is 7.47. The summed E-state index contributed by atoms with van der Waals surface area (Å²) in [6.45, 7) is 1.67. The molecule has 132 valence electrons. The van der Waals surface area contributed by atoms with Crippen LogP contribution in [0.1, 0.15) is 16.1 Å². The number of nitrogens with zero attached hydrogens (tertiary/aromatic N) is 1. The van der Waals surface area contributed by atoms with Crippen LogP contribution in [0.25, 0.3) is 11.3 Å². The molecule has 26 heavy (non-hydrogen) atoms. The van der Waals surface area contributed by atoms with E-state index >= 15 is 0 Å². The number of aryl methyl sites for hydroxylation is 1. The van der Waals surface area contributed by atoms with Crippen molar-refractivity contribution in [1.82, 2.24) is 0 Å². The monoisotopic (exact) mass is 390 g/mol. The second-order valence-electron chi connectivity index (χ2n) is 5.50. The Bertz CT molecular complexity index is 1010. The van der Waals surface area contributed by atoms with E-state index in [2.05, 4.69) is 5.32 Å². The van der Waals surface area contributed by atoms with Crippen LogP contribution in [0.2, 0.25) is 10.0 Å². The normalized spacial score (nSPS) is 10.6. The molecule has 6 nitrogen and oxygen atoms in total. The summed E-state index contributed by atoms with van der Waals surface area (Å²) >= 11 is 12.1. The number of amides is 1. The highest BCUT2D eigenvalue weighted by molar-refractivity contribution is 6.35. The van der Waals surface area contributed by atoms with Gasteiger partial charge in [-0.2, -0.15) is 0 Å². The summed E-state index contributed by atoms with van der Waals surface area (Å²) in [7, 11) is 0. The molecule has 3 aromatic rings. The van der Waals surface area contributed by atoms with Crippen molar-refractivity contribution in [2.24, 2.45) is 0 Å². The summed E-state index contributed by atoms with van der Waals surface area (Å²) in [5.41, 5.74) is 1.55. The van der Waals surface area contributed by atoms with Crippen LogP contribution in [-0.2, 0) is 0 Å². The van der Waals surface area contributed by atoms with Crippen molar-refractivity contribution in [1.29, 1.82) is 0 Å². The summed E-state index contributed by atoms with van der Waals surface area (Å²) in [5, 5.41) is 14.4. The molecular formula is C18H12Cl2N2O4. The number of benzene rings is 2. The molecule has 0 saturated heterocycles. The average molecular weight is 391 g/mol. The number of nitrogens with one attached hydrogen (secondary N) is 1. The molecule has 1 N–H and O–H groups in total. The Morgan fingerprint density at radius 3 is 2.58 bits per heavy atom. The number of rotatable bonds is 4. The van der Waals surface area contributed by atoms with Crippen LogP contribution >= 0.6 is 23.2 Å². The number of nitro benzene ring substituents is 1. The number of anilines is 1. The van der Waals surface area contributed by atoms with Crippen molar-refractivity contribution in [3.63, 3.8) is 0 Å². The van der Waals surface area contributed by atoms with E-state index in [0.717, 1.165) is 0 Å². The molecule has 0 aliphatic heterocycles. The van der Waals surface area contributed by atoms with Crippen LogP contribution in [0, 0.1) is 17.0 Å². The Morgan fingerprint density at radius 2 is 1.88 bits per heavy atom. The predicted octanol–water partition coefficient (Wildman–Crippen LogP) is 5.72. The number of carbonyl (C=O) groups excluding carboxylic acids is 1. The first-order chi connectivity index (χ1) is 12.3. The van der Waals surface area contributed by atoms with Crippen molar-refractivity contribution in [3.8, 4) is 11.3 Å². The Labute approximate surface area is 158 Å². The number of non-ortho nitro benzene ring substituents is 1. The van der Waals surface area contributed by atoms with Crippen molar-refractivity contribution in [2.75, 3.05) is 5.32 Å². The molecule has 0 unspecified atom stereocenters. The highest BCUT2D eigenvalue weighted by Gasteiger charge is 2.16. The van der Waals surface area contributed by atoms with Crippen molar-refractivity contribution < 1.29 is 14.1 Å². The molecule has 0 fully saturated rings. The van der Waals surface area contributed by atoms with Gasteiger partial charge in [0.1, 0.15) is 5.76 Å². The van der Waals surface area contributed by atoms with Gasteiger partial charge in [-0.25, -0.2) is 0 Å². The molecule has 8 heteroatoms. The van der Waals surface area contributed by atoms with Crippen LogP contribution in [0.5, 0.6) is 0 Å². The standard InChI is InChI=1S/C18H12Cl2N2O4/c1-10-8-12(22(24)25)3-5-15(10)21-18(23)17-7-6-16(26-17)13-9-11(19)2-4-14(13)20/h2-9H,1H3,(H,21,23). The van der Waals surface area contributed by atoms with E-state index in [1.807, 2.05) is 0 Å². The average Bonchev–Trinajstić information content (AvgIpc) is 3.08. The highest BCUT2D eigenvalue weighted by Crippen LogP contribution is 2.32. The Balaban J connectivity index is 1.83. The summed E-state index contributed by atoms with van der Waals surface area (Å²) in [6.07, 6.45) is 0. The molecule has 0 aliphatic carbocycles. The first-order valence-corrected chi connectivity index (χ1v) is 8.22. The van der Waals surface area contributed by atoms with E-state index < -0.39 is 10.8 Å². The lowest BCUT2D eigenvalue weighted by Crippen LogP contribution is -2.11. The third-order valence-corrected chi connectivity index (χ3v) is 4.26. The number of carbonyl (C=O) groups is 1. The molecule has 1 aromatic heterocycles. The van der Waals surface area contributed by atoms with E-state index in [4.69, 9.17) is 27.6 Å². The number of hydrogen-bond acceptors (Lipinski definition) is 4. The quantitative estimate of drug-likeness (QED) is 0.455. The van der Waals surface area contributed by atoms with Crippen LogP contribution < -0.4 is 5.32 Å². The number of halogens is 2. The van der Waals surface area contributed by atoms with Gasteiger partial charge < -0.3 is 9.73 Å². The smallest absolute Gasteiger partial charge is 0.291 e. The topological polar surface area (TPSA) is 85.4 Å². The summed E-state index contributed by atoms with van der Waals surface area (Å²) in [4.78, 5) is 22.7. The van der Waals surface area contributed by atoms with E-state index in [1.165, 1.54) is 24.3 Å². The van der Waals surface area contributed by atoms with Crippen LogP contribution in [0.3, 0.4) is 0 Å². The molecule has 0 saturated carbocycles. The Hall–Kier alpha value is -2.83. The highest BCUT2D eigenvalue weighted by atomic mass is 35.5. The maximum Gasteiger partial charge on any atom is 0.291 e. The largest absolute Gasteiger partial charge is 0.451 e. The lowest BCUT2D eigenvalue weighted by Gasteiger charge is -2.07. The zero-order valence-corrected chi connectivity index (χ0v) is 15.0. The molecule has 0 atom stereocenters. The van der Waals surface area contributed by atoms with Gasteiger partial charge in [-0.1, -0.05) is 23.2 Å². The maximum absolute atomic E-state index is 12.4. The van der Waals surface area contributed by atoms with Crippen molar-refractivity contribution >= 4 is 40.5 Å². The molecule has 0 spiro atoms. The second-order valence-corrected chi connectivity index (χ2v) is 6.34. The zero-order chi connectivity index (χ0) is 18.8. The Morgan fingerprint density at radius 1 is 1.12 bits per heavy atom. The Kier molecular flexibility index (Phi) is 4.97. The zero-order valence-electron chi connectivity index (χ0n) is 13.5.